The molecule has 4 N–H and O–H groups in total. The molecule has 0 aromatic rings. The van der Waals surface area contributed by atoms with E-state index in [9.17, 15) is 10.2 Å². The van der Waals surface area contributed by atoms with Crippen LogP contribution in [0, 0.1) is 0 Å². The number of anilines is 1. The summed E-state index contributed by atoms with van der Waals surface area (Å²) in [7, 11) is 0. The van der Waals surface area contributed by atoms with E-state index in [4.69, 9.17) is 15.2 Å². The van der Waals surface area contributed by atoms with Crippen LogP contribution in [0.1, 0.15) is 6.23 Å². The topological polar surface area (TPSA) is 129 Å². The van der Waals surface area contributed by atoms with Gasteiger partial charge in [0, 0.05) is 0 Å². The summed E-state index contributed by atoms with van der Waals surface area (Å²) in [4.78, 5) is 12.1. The van der Waals surface area contributed by atoms with Gasteiger partial charge in [0.05, 0.1) is 13.2 Å². The molecule has 2 fully saturated rings. The van der Waals surface area contributed by atoms with Gasteiger partial charge in [-0.25, -0.2) is 15.0 Å². The van der Waals surface area contributed by atoms with Crippen molar-refractivity contribution >= 4 is 5.82 Å². The molecule has 20 heavy (non-hydrogen) atoms. The molecular weight excluding hydrogens is 266 g/mol. The van der Waals surface area contributed by atoms with Crippen LogP contribution in [0.15, 0.2) is 12.7 Å². The highest BCUT2D eigenvalue weighted by atomic mass is 16.7. The van der Waals surface area contributed by atoms with E-state index in [-0.39, 0.29) is 13.2 Å². The van der Waals surface area contributed by atoms with Crippen molar-refractivity contribution in [3.63, 3.8) is 0 Å². The van der Waals surface area contributed by atoms with Gasteiger partial charge in [-0.05, 0) is 0 Å². The Morgan fingerprint density at radius 3 is 3.05 bits per heavy atom. The van der Waals surface area contributed by atoms with Gasteiger partial charge in [-0.3, -0.25) is 4.57 Å². The first kappa shape index (κ1) is 12.0. The highest BCUT2D eigenvalue weighted by Gasteiger charge is 2.61. The van der Waals surface area contributed by atoms with Crippen LogP contribution in [-0.4, -0.2) is 60.8 Å². The normalized spacial score (nSPS) is 36.0. The maximum Gasteiger partial charge on any atom is 0.184 e. The molecule has 4 atom stereocenters. The van der Waals surface area contributed by atoms with E-state index < -0.39 is 24.0 Å². The number of aliphatic hydroxyl groups excluding tert-OH is 2. The molecule has 0 spiro atoms. The highest BCUT2D eigenvalue weighted by Crippen LogP contribution is 2.45. The van der Waals surface area contributed by atoms with Gasteiger partial charge in [0.25, 0.3) is 0 Å². The summed E-state index contributed by atoms with van der Waals surface area (Å²) < 4.78 is 12.8. The zero-order valence-electron chi connectivity index (χ0n) is 10.4. The Morgan fingerprint density at radius 2 is 2.30 bits per heavy atom. The zero-order valence-corrected chi connectivity index (χ0v) is 10.4. The largest absolute Gasteiger partial charge is 0.393 e. The molecule has 106 valence electrons. The molecule has 0 radical (unpaired) electrons. The van der Waals surface area contributed by atoms with Gasteiger partial charge >= 0.3 is 0 Å². The van der Waals surface area contributed by atoms with Crippen molar-refractivity contribution in [2.24, 2.45) is 0 Å². The molecule has 2 bridgehead atoms. The summed E-state index contributed by atoms with van der Waals surface area (Å²) in [6, 6.07) is 0. The first-order valence-corrected chi connectivity index (χ1v) is 6.18. The van der Waals surface area contributed by atoms with Crippen molar-refractivity contribution in [1.29, 1.82) is 0 Å². The lowest BCUT2D eigenvalue weighted by molar-refractivity contribution is -0.186. The number of nitrogen functional groups attached to an aromatic ring is 1. The van der Waals surface area contributed by atoms with E-state index in [1.165, 1.54) is 12.7 Å². The van der Waals surface area contributed by atoms with Crippen LogP contribution in [0.5, 0.6) is 0 Å². The Morgan fingerprint density at radius 1 is 1.45 bits per heavy atom. The first-order chi connectivity index (χ1) is 9.66. The van der Waals surface area contributed by atoms with E-state index in [0.717, 1.165) is 0 Å². The Bertz CT molecular complexity index is 633. The summed E-state index contributed by atoms with van der Waals surface area (Å²) in [5.74, 6) is 0.772. The van der Waals surface area contributed by atoms with Crippen molar-refractivity contribution in [2.45, 2.75) is 24.0 Å². The van der Waals surface area contributed by atoms with Crippen LogP contribution < -0.4 is 5.73 Å². The average Bonchev–Trinajstić information content (AvgIpc) is 3.13. The van der Waals surface area contributed by atoms with Gasteiger partial charge in [-0.2, -0.15) is 0 Å². The van der Waals surface area contributed by atoms with Gasteiger partial charge in [0.2, 0.25) is 0 Å². The van der Waals surface area contributed by atoms with Crippen molar-refractivity contribution in [3.05, 3.63) is 12.7 Å². The third kappa shape index (κ3) is 1.32. The minimum atomic E-state index is -1.10. The number of nitrogens with two attached hydrogens (primary N) is 1. The fourth-order valence-electron chi connectivity index (χ4n) is 2.79. The highest BCUT2D eigenvalue weighted by molar-refractivity contribution is 5.64. The molecule has 4 aliphatic heterocycles. The number of fused-ring (bicyclic) bond motifs is 3. The second-order valence-corrected chi connectivity index (χ2v) is 5.03. The summed E-state index contributed by atoms with van der Waals surface area (Å²) >= 11 is 0. The Hall–Kier alpha value is -1.81. The number of rotatable bonds is 2. The summed E-state index contributed by atoms with van der Waals surface area (Å²) in [6.07, 6.45) is 0.682. The predicted molar refractivity (Wildman–Crippen MR) is 64.5 cm³/mol. The Labute approximate surface area is 113 Å². The number of aliphatic hydroxyl groups is 2. The number of aromatic nitrogens is 4. The third-order valence-corrected chi connectivity index (χ3v) is 3.95. The first-order valence-electron chi connectivity index (χ1n) is 6.18. The predicted octanol–water partition coefficient (Wildman–Crippen LogP) is -1.62. The smallest absolute Gasteiger partial charge is 0.184 e. The number of imidazole rings is 1. The van der Waals surface area contributed by atoms with Crippen LogP contribution >= 0.6 is 0 Å². The van der Waals surface area contributed by atoms with Crippen molar-refractivity contribution in [1.82, 2.24) is 19.5 Å². The molecule has 0 amide bonds. The molecular formula is C11H13N5O4. The molecule has 4 heterocycles. The Balaban J connectivity index is 1.78. The second kappa shape index (κ2) is 3.85. The molecule has 4 aliphatic rings. The SMILES string of the molecule is Nc1c2ncnc-2ncn1[C@@H]1O[C@@]2(CO)CO[C@@H]1[C@H]2O. The molecule has 0 aliphatic carbocycles. The summed E-state index contributed by atoms with van der Waals surface area (Å²) in [5.41, 5.74) is 5.41. The van der Waals surface area contributed by atoms with Crippen molar-refractivity contribution in [3.8, 4) is 11.5 Å². The van der Waals surface area contributed by atoms with Gasteiger partial charge in [-0.15, -0.1) is 0 Å². The van der Waals surface area contributed by atoms with Gasteiger partial charge in [0.15, 0.2) is 12.1 Å². The van der Waals surface area contributed by atoms with Crippen molar-refractivity contribution in [2.75, 3.05) is 18.9 Å². The van der Waals surface area contributed by atoms with Gasteiger partial charge in [-0.1, -0.05) is 0 Å². The standard InChI is InChI=1S/C11H13N5O4/c12-8-5-9(14-3-13-5)15-4-16(8)10-6-7(18)11(1-17,20-10)2-19-6/h3-4,6-7,10,17-18H,1-2,12H2/t6-,7-,10-,11+/m1/s1. The van der Waals surface area contributed by atoms with E-state index in [1.54, 1.807) is 4.57 Å². The van der Waals surface area contributed by atoms with Crippen LogP contribution in [-0.2, 0) is 9.47 Å². The molecule has 2 saturated heterocycles. The maximum atomic E-state index is 10.2. The third-order valence-electron chi connectivity index (χ3n) is 3.95. The molecule has 0 saturated carbocycles. The average molecular weight is 279 g/mol. The number of ether oxygens (including phenoxy) is 2. The van der Waals surface area contributed by atoms with Gasteiger partial charge in [0.1, 0.15) is 42.0 Å². The second-order valence-electron chi connectivity index (χ2n) is 5.03. The lowest BCUT2D eigenvalue weighted by atomic mass is 10.0. The zero-order chi connectivity index (χ0) is 13.9. The number of hydrogen-bond acceptors (Lipinski definition) is 8. The van der Waals surface area contributed by atoms with Crippen LogP contribution in [0.25, 0.3) is 11.5 Å². The maximum absolute atomic E-state index is 10.2. The van der Waals surface area contributed by atoms with Crippen LogP contribution in [0.3, 0.4) is 0 Å². The van der Waals surface area contributed by atoms with Gasteiger partial charge < -0.3 is 25.4 Å². The molecule has 9 nitrogen and oxygen atoms in total. The minimum Gasteiger partial charge on any atom is -0.393 e. The van der Waals surface area contributed by atoms with Crippen LogP contribution in [0.2, 0.25) is 0 Å². The molecule has 0 aromatic carbocycles. The minimum absolute atomic E-state index is 0.151. The number of hydrogen-bond donors (Lipinski definition) is 3. The fourth-order valence-corrected chi connectivity index (χ4v) is 2.79. The van der Waals surface area contributed by atoms with Crippen LogP contribution in [0.4, 0.5) is 5.82 Å². The lowest BCUT2D eigenvalue weighted by Crippen LogP contribution is -2.44. The molecule has 9 heteroatoms. The molecule has 0 aromatic heterocycles. The summed E-state index contributed by atoms with van der Waals surface area (Å²) in [5, 5.41) is 19.6. The quantitative estimate of drug-likeness (QED) is 0.598. The molecule has 0 unspecified atom stereocenters. The van der Waals surface area contributed by atoms with E-state index in [2.05, 4.69) is 15.0 Å². The van der Waals surface area contributed by atoms with Crippen molar-refractivity contribution < 1.29 is 19.7 Å². The monoisotopic (exact) mass is 279 g/mol. The van der Waals surface area contributed by atoms with E-state index in [0.29, 0.717) is 17.3 Å². The number of nitrogens with zero attached hydrogens (tertiary/aromatic N) is 4. The van der Waals surface area contributed by atoms with E-state index in [1.807, 2.05) is 0 Å². The molecule has 4 rings (SSSR count). The lowest BCUT2D eigenvalue weighted by Gasteiger charge is -2.30. The summed E-state index contributed by atoms with van der Waals surface area (Å²) in [6.45, 7) is -0.175. The fraction of sp³-hybridized carbons (Fsp3) is 0.545. The van der Waals surface area contributed by atoms with E-state index >= 15 is 0 Å². The Kier molecular flexibility index (Phi) is 2.31.